The smallest absolute Gasteiger partial charge is 0.399 e. The van der Waals surface area contributed by atoms with E-state index in [1.54, 1.807) is 22.9 Å². The van der Waals surface area contributed by atoms with Crippen LogP contribution in [0.4, 0.5) is 18.9 Å². The fourth-order valence-electron chi connectivity index (χ4n) is 2.21. The maximum atomic E-state index is 12.4. The quantitative estimate of drug-likeness (QED) is 0.820. The Morgan fingerprint density at radius 3 is 2.63 bits per heavy atom. The van der Waals surface area contributed by atoms with E-state index in [1.807, 2.05) is 0 Å². The van der Waals surface area contributed by atoms with E-state index in [4.69, 9.17) is 5.73 Å². The molecule has 1 aliphatic rings. The lowest BCUT2D eigenvalue weighted by molar-refractivity contribution is -0.0451. The Labute approximate surface area is 108 Å². The van der Waals surface area contributed by atoms with Gasteiger partial charge in [0.05, 0.1) is 0 Å². The van der Waals surface area contributed by atoms with Gasteiger partial charge in [0.2, 0.25) is 0 Å². The van der Waals surface area contributed by atoms with Gasteiger partial charge in [-0.1, -0.05) is 6.07 Å². The molecule has 19 heavy (non-hydrogen) atoms. The third kappa shape index (κ3) is 2.84. The first-order valence-corrected chi connectivity index (χ1v) is 7.16. The molecule has 106 valence electrons. The number of anilines is 1. The number of hydrogen-bond acceptors (Lipinski definition) is 3. The molecule has 0 saturated heterocycles. The van der Waals surface area contributed by atoms with Crippen LogP contribution < -0.4 is 10.5 Å². The van der Waals surface area contributed by atoms with Crippen molar-refractivity contribution < 1.29 is 21.6 Å². The van der Waals surface area contributed by atoms with Crippen LogP contribution in [-0.4, -0.2) is 13.9 Å². The van der Waals surface area contributed by atoms with Gasteiger partial charge in [0.25, 0.3) is 0 Å². The average Bonchev–Trinajstić information content (AvgIpc) is 2.26. The van der Waals surface area contributed by atoms with Crippen molar-refractivity contribution in [3.63, 3.8) is 0 Å². The number of nitrogens with one attached hydrogen (secondary N) is 1. The Kier molecular flexibility index (Phi) is 3.48. The lowest BCUT2D eigenvalue weighted by Gasteiger charge is -2.26. The highest BCUT2D eigenvalue weighted by Crippen LogP contribution is 2.33. The second-order valence-corrected chi connectivity index (χ2v) is 6.18. The van der Waals surface area contributed by atoms with Gasteiger partial charge in [-0.25, -0.2) is 8.42 Å². The zero-order valence-corrected chi connectivity index (χ0v) is 10.7. The van der Waals surface area contributed by atoms with Crippen molar-refractivity contribution in [3.8, 4) is 0 Å². The van der Waals surface area contributed by atoms with E-state index in [0.717, 1.165) is 5.56 Å². The van der Waals surface area contributed by atoms with Crippen molar-refractivity contribution in [2.45, 2.75) is 30.8 Å². The van der Waals surface area contributed by atoms with Gasteiger partial charge in [-0.05, 0) is 42.5 Å². The summed E-state index contributed by atoms with van der Waals surface area (Å²) in [5.41, 5.74) is 2.18. The Morgan fingerprint density at radius 1 is 1.32 bits per heavy atom. The molecule has 0 aromatic heterocycles. The number of alkyl halides is 3. The number of hydrogen-bond donors (Lipinski definition) is 2. The number of aryl methyl sites for hydroxylation is 1. The largest absolute Gasteiger partial charge is 0.511 e. The second-order valence-electron chi connectivity index (χ2n) is 4.47. The maximum absolute atomic E-state index is 12.4. The van der Waals surface area contributed by atoms with Gasteiger partial charge in [-0.3, -0.25) is 0 Å². The lowest BCUT2D eigenvalue weighted by Crippen LogP contribution is -2.39. The summed E-state index contributed by atoms with van der Waals surface area (Å²) in [5.74, 6) is 0. The topological polar surface area (TPSA) is 72.2 Å². The summed E-state index contributed by atoms with van der Waals surface area (Å²) in [4.78, 5) is 0. The van der Waals surface area contributed by atoms with E-state index in [0.29, 0.717) is 30.5 Å². The third-order valence-corrected chi connectivity index (χ3v) is 4.29. The molecule has 0 saturated carbocycles. The summed E-state index contributed by atoms with van der Waals surface area (Å²) >= 11 is 0. The number of nitrogen functional groups attached to an aromatic ring is 1. The first kappa shape index (κ1) is 14.1. The van der Waals surface area contributed by atoms with Crippen LogP contribution in [0.25, 0.3) is 0 Å². The van der Waals surface area contributed by atoms with E-state index in [1.165, 1.54) is 0 Å². The highest BCUT2D eigenvalue weighted by molar-refractivity contribution is 7.90. The molecule has 0 bridgehead atoms. The SMILES string of the molecule is Nc1ccc2c(c1)CCCC2NS(=O)(=O)C(F)(F)F. The molecule has 0 amide bonds. The predicted octanol–water partition coefficient (Wildman–Crippen LogP) is 2.09. The molecule has 3 N–H and O–H groups in total. The Morgan fingerprint density at radius 2 is 2.00 bits per heavy atom. The number of benzene rings is 1. The van der Waals surface area contributed by atoms with Crippen molar-refractivity contribution in [1.82, 2.24) is 4.72 Å². The van der Waals surface area contributed by atoms with Crippen molar-refractivity contribution in [1.29, 1.82) is 0 Å². The van der Waals surface area contributed by atoms with E-state index >= 15 is 0 Å². The highest BCUT2D eigenvalue weighted by atomic mass is 32.2. The molecule has 0 aliphatic heterocycles. The van der Waals surface area contributed by atoms with Crippen LogP contribution >= 0.6 is 0 Å². The summed E-state index contributed by atoms with van der Waals surface area (Å²) in [6.07, 6.45) is 1.64. The first-order chi connectivity index (χ1) is 8.71. The molecule has 1 aromatic carbocycles. The molecule has 8 heteroatoms. The van der Waals surface area contributed by atoms with Crippen LogP contribution in [-0.2, 0) is 16.4 Å². The minimum absolute atomic E-state index is 0.340. The molecule has 1 atom stereocenters. The molecule has 0 fully saturated rings. The zero-order valence-electron chi connectivity index (χ0n) is 9.87. The molecule has 4 nitrogen and oxygen atoms in total. The van der Waals surface area contributed by atoms with Gasteiger partial charge in [0, 0.05) is 11.7 Å². The molecule has 1 aromatic rings. The van der Waals surface area contributed by atoms with Crippen LogP contribution in [0.2, 0.25) is 0 Å². The summed E-state index contributed by atoms with van der Waals surface area (Å²) in [6, 6.07) is 3.95. The van der Waals surface area contributed by atoms with Crippen molar-refractivity contribution in [2.75, 3.05) is 5.73 Å². The number of rotatable bonds is 2. The number of sulfonamides is 1. The standard InChI is InChI=1S/C11H13F3N2O2S/c12-11(13,14)19(17,18)16-10-3-1-2-7-6-8(15)4-5-9(7)10/h4-6,10,16H,1-3,15H2. The van der Waals surface area contributed by atoms with E-state index < -0.39 is 21.6 Å². The fraction of sp³-hybridized carbons (Fsp3) is 0.455. The van der Waals surface area contributed by atoms with E-state index in [-0.39, 0.29) is 0 Å². The van der Waals surface area contributed by atoms with Crippen LogP contribution in [0.1, 0.15) is 30.0 Å². The van der Waals surface area contributed by atoms with Crippen LogP contribution in [0.15, 0.2) is 18.2 Å². The second kappa shape index (κ2) is 4.68. The average molecular weight is 294 g/mol. The van der Waals surface area contributed by atoms with Crippen LogP contribution in [0.3, 0.4) is 0 Å². The summed E-state index contributed by atoms with van der Waals surface area (Å²) in [6.45, 7) is 0. The Bertz CT molecular complexity index is 584. The predicted molar refractivity (Wildman–Crippen MR) is 64.6 cm³/mol. The molecular formula is C11H13F3N2O2S. The Hall–Kier alpha value is -1.28. The number of fused-ring (bicyclic) bond motifs is 1. The summed E-state index contributed by atoms with van der Waals surface area (Å²) in [5, 5.41) is 0. The van der Waals surface area contributed by atoms with Crippen molar-refractivity contribution in [2.24, 2.45) is 0 Å². The normalized spacial score (nSPS) is 20.1. The first-order valence-electron chi connectivity index (χ1n) is 5.67. The third-order valence-electron chi connectivity index (χ3n) is 3.08. The Balaban J connectivity index is 2.31. The van der Waals surface area contributed by atoms with Gasteiger partial charge in [0.1, 0.15) is 0 Å². The van der Waals surface area contributed by atoms with E-state index in [2.05, 4.69) is 0 Å². The number of nitrogens with two attached hydrogens (primary N) is 1. The fourth-order valence-corrected chi connectivity index (χ4v) is 2.96. The number of halogens is 3. The van der Waals surface area contributed by atoms with Crippen LogP contribution in [0, 0.1) is 0 Å². The summed E-state index contributed by atoms with van der Waals surface area (Å²) in [7, 11) is -5.33. The molecule has 2 rings (SSSR count). The van der Waals surface area contributed by atoms with Gasteiger partial charge in [-0.15, -0.1) is 0 Å². The minimum atomic E-state index is -5.33. The van der Waals surface area contributed by atoms with Gasteiger partial charge < -0.3 is 5.73 Å². The molecule has 0 heterocycles. The van der Waals surface area contributed by atoms with Crippen molar-refractivity contribution in [3.05, 3.63) is 29.3 Å². The van der Waals surface area contributed by atoms with Crippen molar-refractivity contribution >= 4 is 15.7 Å². The molecule has 0 spiro atoms. The molecule has 0 radical (unpaired) electrons. The highest BCUT2D eigenvalue weighted by Gasteiger charge is 2.47. The lowest BCUT2D eigenvalue weighted by atomic mass is 9.88. The zero-order chi connectivity index (χ0) is 14.3. The van der Waals surface area contributed by atoms with Crippen LogP contribution in [0.5, 0.6) is 0 Å². The van der Waals surface area contributed by atoms with Gasteiger partial charge in [0.15, 0.2) is 0 Å². The van der Waals surface area contributed by atoms with Gasteiger partial charge >= 0.3 is 15.5 Å². The van der Waals surface area contributed by atoms with Gasteiger partial charge in [-0.2, -0.15) is 17.9 Å². The monoisotopic (exact) mass is 294 g/mol. The summed E-state index contributed by atoms with van der Waals surface area (Å²) < 4.78 is 61.1. The molecular weight excluding hydrogens is 281 g/mol. The minimum Gasteiger partial charge on any atom is -0.399 e. The molecule has 1 unspecified atom stereocenters. The maximum Gasteiger partial charge on any atom is 0.511 e. The van der Waals surface area contributed by atoms with E-state index in [9.17, 15) is 21.6 Å². The molecule has 1 aliphatic carbocycles.